The molecule has 1 aromatic rings. The van der Waals surface area contributed by atoms with E-state index in [1.165, 1.54) is 0 Å². The summed E-state index contributed by atoms with van der Waals surface area (Å²) >= 11 is 0. The lowest BCUT2D eigenvalue weighted by molar-refractivity contribution is 0.198. The number of rotatable bonds is 4. The Kier molecular flexibility index (Phi) is 3.58. The predicted octanol–water partition coefficient (Wildman–Crippen LogP) is -0.186. The molecule has 1 aliphatic heterocycles. The van der Waals surface area contributed by atoms with Crippen LogP contribution >= 0.6 is 0 Å². The summed E-state index contributed by atoms with van der Waals surface area (Å²) in [7, 11) is 0. The van der Waals surface area contributed by atoms with Gasteiger partial charge < -0.3 is 20.5 Å². The molecule has 0 bridgehead atoms. The summed E-state index contributed by atoms with van der Waals surface area (Å²) in [5, 5.41) is 9.47. The van der Waals surface area contributed by atoms with Gasteiger partial charge in [0.15, 0.2) is 0 Å². The van der Waals surface area contributed by atoms with Crippen LogP contribution in [-0.4, -0.2) is 45.9 Å². The number of nitrogens with zero attached hydrogens (tertiary/aromatic N) is 4. The van der Waals surface area contributed by atoms with Crippen LogP contribution in [0.5, 0.6) is 6.01 Å². The molecule has 1 aromatic heterocycles. The normalized spacial score (nSPS) is 19.6. The molecule has 3 N–H and O–H groups in total. The topological polar surface area (TPSA) is 97.4 Å². The number of hydrogen-bond acceptors (Lipinski definition) is 7. The molecule has 1 aliphatic rings. The van der Waals surface area contributed by atoms with E-state index < -0.39 is 0 Å². The monoisotopic (exact) mass is 239 g/mol. The van der Waals surface area contributed by atoms with Gasteiger partial charge in [-0.25, -0.2) is 0 Å². The third kappa shape index (κ3) is 2.94. The molecule has 2 heterocycles. The maximum absolute atomic E-state index is 9.47. The largest absolute Gasteiger partial charge is 0.463 e. The lowest BCUT2D eigenvalue weighted by Gasteiger charge is -2.15. The van der Waals surface area contributed by atoms with Crippen molar-refractivity contribution in [2.24, 2.45) is 0 Å². The summed E-state index contributed by atoms with van der Waals surface area (Å²) < 4.78 is 5.33. The Labute approximate surface area is 99.6 Å². The number of aliphatic hydroxyl groups is 1. The van der Waals surface area contributed by atoms with Gasteiger partial charge in [0, 0.05) is 13.1 Å². The van der Waals surface area contributed by atoms with Crippen molar-refractivity contribution in [1.29, 1.82) is 0 Å². The second-order valence-corrected chi connectivity index (χ2v) is 4.01. The minimum Gasteiger partial charge on any atom is -0.463 e. The van der Waals surface area contributed by atoms with Gasteiger partial charge >= 0.3 is 6.01 Å². The van der Waals surface area contributed by atoms with E-state index in [4.69, 9.17) is 10.5 Å². The first-order valence-corrected chi connectivity index (χ1v) is 5.76. The Morgan fingerprint density at radius 2 is 2.29 bits per heavy atom. The smallest absolute Gasteiger partial charge is 0.323 e. The summed E-state index contributed by atoms with van der Waals surface area (Å²) in [5.41, 5.74) is 5.60. The zero-order chi connectivity index (χ0) is 12.3. The molecule has 0 spiro atoms. The van der Waals surface area contributed by atoms with E-state index in [9.17, 15) is 5.11 Å². The Bertz CT molecular complexity index is 387. The number of hydrogen-bond donors (Lipinski definition) is 2. The van der Waals surface area contributed by atoms with Crippen LogP contribution in [0.4, 0.5) is 11.9 Å². The second kappa shape index (κ2) is 5.13. The molecule has 0 aromatic carbocycles. The molecule has 0 aliphatic carbocycles. The van der Waals surface area contributed by atoms with Gasteiger partial charge in [-0.15, -0.1) is 0 Å². The molecular formula is C10H17N5O2. The summed E-state index contributed by atoms with van der Waals surface area (Å²) in [6.45, 7) is 3.79. The van der Waals surface area contributed by atoms with Gasteiger partial charge in [0.2, 0.25) is 11.9 Å². The molecular weight excluding hydrogens is 222 g/mol. The van der Waals surface area contributed by atoms with Gasteiger partial charge in [-0.1, -0.05) is 6.92 Å². The minimum absolute atomic E-state index is 0.141. The highest BCUT2D eigenvalue weighted by molar-refractivity contribution is 5.37. The maximum Gasteiger partial charge on any atom is 0.323 e. The molecule has 1 fully saturated rings. The SMILES string of the molecule is CCCOc1nc(N)nc(N2CCC(O)C2)n1. The van der Waals surface area contributed by atoms with Gasteiger partial charge in [0.1, 0.15) is 0 Å². The summed E-state index contributed by atoms with van der Waals surface area (Å²) in [6, 6.07) is 0.246. The van der Waals surface area contributed by atoms with Gasteiger partial charge in [-0.2, -0.15) is 15.0 Å². The number of nitrogen functional groups attached to an aromatic ring is 1. The van der Waals surface area contributed by atoms with Gasteiger partial charge in [0.05, 0.1) is 12.7 Å². The molecule has 2 rings (SSSR count). The highest BCUT2D eigenvalue weighted by Gasteiger charge is 2.23. The van der Waals surface area contributed by atoms with Crippen LogP contribution in [0.15, 0.2) is 0 Å². The summed E-state index contributed by atoms with van der Waals surface area (Å²) in [4.78, 5) is 14.0. The molecule has 94 valence electrons. The van der Waals surface area contributed by atoms with E-state index in [0.29, 0.717) is 19.1 Å². The quantitative estimate of drug-likeness (QED) is 0.751. The van der Waals surface area contributed by atoms with Crippen molar-refractivity contribution in [2.45, 2.75) is 25.9 Å². The van der Waals surface area contributed by atoms with Crippen LogP contribution in [-0.2, 0) is 0 Å². The lowest BCUT2D eigenvalue weighted by atomic mass is 10.3. The van der Waals surface area contributed by atoms with Crippen LogP contribution in [0.25, 0.3) is 0 Å². The molecule has 0 amide bonds. The number of aliphatic hydroxyl groups excluding tert-OH is 1. The van der Waals surface area contributed by atoms with Crippen LogP contribution in [0.3, 0.4) is 0 Å². The first-order valence-electron chi connectivity index (χ1n) is 5.76. The minimum atomic E-state index is -0.326. The fourth-order valence-electron chi connectivity index (χ4n) is 1.68. The van der Waals surface area contributed by atoms with E-state index >= 15 is 0 Å². The number of ether oxygens (including phenoxy) is 1. The Balaban J connectivity index is 2.13. The maximum atomic E-state index is 9.47. The highest BCUT2D eigenvalue weighted by Crippen LogP contribution is 2.18. The van der Waals surface area contributed by atoms with Gasteiger partial charge in [0.25, 0.3) is 0 Å². The number of anilines is 2. The van der Waals surface area contributed by atoms with Crippen molar-refractivity contribution in [1.82, 2.24) is 15.0 Å². The predicted molar refractivity (Wildman–Crippen MR) is 62.9 cm³/mol. The van der Waals surface area contributed by atoms with Crippen LogP contribution in [0.1, 0.15) is 19.8 Å². The van der Waals surface area contributed by atoms with Gasteiger partial charge in [-0.3, -0.25) is 0 Å². The van der Waals surface area contributed by atoms with Gasteiger partial charge in [-0.05, 0) is 12.8 Å². The zero-order valence-corrected chi connectivity index (χ0v) is 9.83. The van der Waals surface area contributed by atoms with Crippen molar-refractivity contribution in [3.63, 3.8) is 0 Å². The summed E-state index contributed by atoms with van der Waals surface area (Å²) in [5.74, 6) is 0.614. The zero-order valence-electron chi connectivity index (χ0n) is 9.83. The van der Waals surface area contributed by atoms with Crippen molar-refractivity contribution >= 4 is 11.9 Å². The van der Waals surface area contributed by atoms with E-state index in [-0.39, 0.29) is 18.1 Å². The van der Waals surface area contributed by atoms with Crippen molar-refractivity contribution in [3.8, 4) is 6.01 Å². The lowest BCUT2D eigenvalue weighted by Crippen LogP contribution is -2.24. The fraction of sp³-hybridized carbons (Fsp3) is 0.700. The number of aromatic nitrogens is 3. The molecule has 17 heavy (non-hydrogen) atoms. The third-order valence-corrected chi connectivity index (χ3v) is 2.50. The molecule has 1 saturated heterocycles. The van der Waals surface area contributed by atoms with Crippen molar-refractivity contribution in [3.05, 3.63) is 0 Å². The average Bonchev–Trinajstić information content (AvgIpc) is 2.72. The summed E-state index contributed by atoms with van der Waals surface area (Å²) in [6.07, 6.45) is 1.27. The molecule has 7 nitrogen and oxygen atoms in total. The van der Waals surface area contributed by atoms with Crippen LogP contribution in [0, 0.1) is 0 Å². The van der Waals surface area contributed by atoms with E-state index in [1.807, 2.05) is 11.8 Å². The number of nitrogens with two attached hydrogens (primary N) is 1. The van der Waals surface area contributed by atoms with Crippen molar-refractivity contribution in [2.75, 3.05) is 30.3 Å². The molecule has 1 atom stereocenters. The first-order chi connectivity index (χ1) is 8.19. The standard InChI is InChI=1S/C10H17N5O2/c1-2-5-17-10-13-8(11)12-9(14-10)15-4-3-7(16)6-15/h7,16H,2-6H2,1H3,(H2,11,12,13,14). The molecule has 1 unspecified atom stereocenters. The Morgan fingerprint density at radius 3 is 2.94 bits per heavy atom. The van der Waals surface area contributed by atoms with Crippen molar-refractivity contribution < 1.29 is 9.84 Å². The molecule has 0 radical (unpaired) electrons. The molecule has 7 heteroatoms. The first kappa shape index (κ1) is 11.8. The van der Waals surface area contributed by atoms with E-state index in [2.05, 4.69) is 15.0 Å². The average molecular weight is 239 g/mol. The number of β-amino-alcohol motifs (C(OH)–C–C–N with tert-alkyl or cyclic N) is 1. The Morgan fingerprint density at radius 1 is 1.47 bits per heavy atom. The highest BCUT2D eigenvalue weighted by atomic mass is 16.5. The van der Waals surface area contributed by atoms with E-state index in [0.717, 1.165) is 19.4 Å². The molecule has 0 saturated carbocycles. The fourth-order valence-corrected chi connectivity index (χ4v) is 1.68. The second-order valence-electron chi connectivity index (χ2n) is 4.01. The van der Waals surface area contributed by atoms with Crippen LogP contribution in [0.2, 0.25) is 0 Å². The third-order valence-electron chi connectivity index (χ3n) is 2.50. The Hall–Kier alpha value is -1.63. The van der Waals surface area contributed by atoms with E-state index in [1.54, 1.807) is 0 Å². The van der Waals surface area contributed by atoms with Crippen LogP contribution < -0.4 is 15.4 Å².